The molecule has 9 nitrogen and oxygen atoms in total. The molecule has 194 valence electrons. The number of halogens is 1. The summed E-state index contributed by atoms with van der Waals surface area (Å²) >= 11 is 4.37. The SMILES string of the molecule is O=C(O)COc1c(C(=O)O)sc(-c2cccc(OCC3CCN(C(=O)Nc4ccccc4)CC3)c2)c1Br. The molecule has 4 rings (SSSR count). The smallest absolute Gasteiger partial charge is 0.349 e. The van der Waals surface area contributed by atoms with Crippen LogP contribution in [0.25, 0.3) is 10.4 Å². The maximum absolute atomic E-state index is 12.5. The van der Waals surface area contributed by atoms with Gasteiger partial charge < -0.3 is 29.9 Å². The average molecular weight is 589 g/mol. The van der Waals surface area contributed by atoms with E-state index in [0.717, 1.165) is 35.4 Å². The lowest BCUT2D eigenvalue weighted by molar-refractivity contribution is -0.139. The van der Waals surface area contributed by atoms with Crippen molar-refractivity contribution < 1.29 is 34.1 Å². The van der Waals surface area contributed by atoms with E-state index in [1.807, 2.05) is 59.5 Å². The summed E-state index contributed by atoms with van der Waals surface area (Å²) in [5.74, 6) is -1.48. The highest BCUT2D eigenvalue weighted by atomic mass is 79.9. The minimum absolute atomic E-state index is 0.00992. The van der Waals surface area contributed by atoms with Crippen LogP contribution < -0.4 is 14.8 Å². The number of rotatable bonds is 9. The number of thiophene rings is 1. The lowest BCUT2D eigenvalue weighted by Gasteiger charge is -2.32. The van der Waals surface area contributed by atoms with Gasteiger partial charge in [0.15, 0.2) is 17.2 Å². The molecule has 3 aromatic rings. The maximum atomic E-state index is 12.5. The van der Waals surface area contributed by atoms with Gasteiger partial charge in [0, 0.05) is 18.8 Å². The zero-order chi connectivity index (χ0) is 26.4. The highest BCUT2D eigenvalue weighted by molar-refractivity contribution is 9.10. The van der Waals surface area contributed by atoms with Crippen LogP contribution in [0.15, 0.2) is 59.1 Å². The number of aromatic carboxylic acids is 1. The topological polar surface area (TPSA) is 125 Å². The molecule has 1 aromatic heterocycles. The van der Waals surface area contributed by atoms with Crippen LogP contribution in [-0.4, -0.2) is 59.4 Å². The molecular formula is C26H25BrN2O7S. The van der Waals surface area contributed by atoms with Gasteiger partial charge >= 0.3 is 18.0 Å². The third kappa shape index (κ3) is 6.80. The van der Waals surface area contributed by atoms with Crippen molar-refractivity contribution in [1.29, 1.82) is 0 Å². The molecule has 0 atom stereocenters. The lowest BCUT2D eigenvalue weighted by Crippen LogP contribution is -2.42. The molecule has 3 N–H and O–H groups in total. The predicted octanol–water partition coefficient (Wildman–Crippen LogP) is 5.66. The van der Waals surface area contributed by atoms with Crippen LogP contribution in [0.3, 0.4) is 0 Å². The Morgan fingerprint density at radius 3 is 2.43 bits per heavy atom. The number of carboxylic acids is 2. The van der Waals surface area contributed by atoms with E-state index in [9.17, 15) is 19.5 Å². The molecule has 37 heavy (non-hydrogen) atoms. The van der Waals surface area contributed by atoms with Crippen molar-refractivity contribution in [3.63, 3.8) is 0 Å². The van der Waals surface area contributed by atoms with E-state index in [4.69, 9.17) is 14.6 Å². The molecule has 0 spiro atoms. The Hall–Kier alpha value is -3.57. The molecule has 1 saturated heterocycles. The molecule has 0 aliphatic carbocycles. The molecule has 0 unspecified atom stereocenters. The van der Waals surface area contributed by atoms with Crippen molar-refractivity contribution >= 4 is 50.9 Å². The Balaban J connectivity index is 1.35. The Kier molecular flexibility index (Phi) is 8.67. The standard InChI is InChI=1S/C26H25BrN2O7S/c27-21-22(36-15-20(30)31)24(25(32)33)37-23(21)17-5-4-8-19(13-17)35-14-16-9-11-29(12-10-16)26(34)28-18-6-2-1-3-7-18/h1-8,13,16H,9-12,14-15H2,(H,28,34)(H,30,31)(H,32,33). The summed E-state index contributed by atoms with van der Waals surface area (Å²) in [5.41, 5.74) is 1.49. The second-order valence-corrected chi connectivity index (χ2v) is 10.3. The first-order valence-electron chi connectivity index (χ1n) is 11.6. The number of piperidine rings is 1. The first-order valence-corrected chi connectivity index (χ1v) is 13.2. The first-order chi connectivity index (χ1) is 17.8. The number of hydrogen-bond acceptors (Lipinski definition) is 6. The van der Waals surface area contributed by atoms with Gasteiger partial charge in [-0.05, 0) is 64.5 Å². The van der Waals surface area contributed by atoms with E-state index in [-0.39, 0.29) is 16.7 Å². The quantitative estimate of drug-likeness (QED) is 0.294. The van der Waals surface area contributed by atoms with Gasteiger partial charge in [0.05, 0.1) is 16.0 Å². The molecule has 1 aliphatic heterocycles. The number of aliphatic carboxylic acids is 1. The fraction of sp³-hybridized carbons (Fsp3) is 0.269. The number of likely N-dealkylation sites (tertiary alicyclic amines) is 1. The minimum atomic E-state index is -1.20. The fourth-order valence-corrected chi connectivity index (χ4v) is 5.84. The number of nitrogens with zero attached hydrogens (tertiary/aromatic N) is 1. The number of para-hydroxylation sites is 1. The monoisotopic (exact) mass is 588 g/mol. The van der Waals surface area contributed by atoms with Gasteiger partial charge in [0.25, 0.3) is 0 Å². The van der Waals surface area contributed by atoms with Crippen LogP contribution in [0.1, 0.15) is 22.5 Å². The minimum Gasteiger partial charge on any atom is -0.493 e. The van der Waals surface area contributed by atoms with E-state index in [1.165, 1.54) is 0 Å². The van der Waals surface area contributed by atoms with Gasteiger partial charge in [0.1, 0.15) is 5.75 Å². The molecule has 11 heteroatoms. The highest BCUT2D eigenvalue weighted by Gasteiger charge is 2.25. The molecule has 1 fully saturated rings. The molecule has 0 saturated carbocycles. The molecule has 0 radical (unpaired) electrons. The van der Waals surface area contributed by atoms with E-state index in [2.05, 4.69) is 21.2 Å². The van der Waals surface area contributed by atoms with E-state index >= 15 is 0 Å². The molecule has 2 amide bonds. The average Bonchev–Trinajstić information content (AvgIpc) is 3.23. The van der Waals surface area contributed by atoms with Gasteiger partial charge in [0.2, 0.25) is 0 Å². The van der Waals surface area contributed by atoms with Crippen molar-refractivity contribution in [2.45, 2.75) is 12.8 Å². The zero-order valence-corrected chi connectivity index (χ0v) is 22.1. The second-order valence-electron chi connectivity index (χ2n) is 8.46. The lowest BCUT2D eigenvalue weighted by atomic mass is 9.98. The Morgan fingerprint density at radius 2 is 1.76 bits per heavy atom. The number of urea groups is 1. The second kappa shape index (κ2) is 12.1. The number of amides is 2. The summed E-state index contributed by atoms with van der Waals surface area (Å²) < 4.78 is 11.7. The van der Waals surface area contributed by atoms with Gasteiger partial charge in [-0.3, -0.25) is 0 Å². The van der Waals surface area contributed by atoms with Crippen LogP contribution in [-0.2, 0) is 4.79 Å². The molecule has 2 aromatic carbocycles. The Labute approximate surface area is 225 Å². The molecule has 2 heterocycles. The van der Waals surface area contributed by atoms with Crippen molar-refractivity contribution in [2.75, 3.05) is 31.6 Å². The van der Waals surface area contributed by atoms with Crippen LogP contribution >= 0.6 is 27.3 Å². The van der Waals surface area contributed by atoms with E-state index in [0.29, 0.717) is 40.7 Å². The number of ether oxygens (including phenoxy) is 2. The largest absolute Gasteiger partial charge is 0.493 e. The van der Waals surface area contributed by atoms with E-state index < -0.39 is 18.5 Å². The third-order valence-electron chi connectivity index (χ3n) is 5.85. The number of carboxylic acid groups (broad SMARTS) is 2. The summed E-state index contributed by atoms with van der Waals surface area (Å²) in [7, 11) is 0. The Bertz CT molecular complexity index is 1270. The van der Waals surface area contributed by atoms with Crippen molar-refractivity contribution in [3.8, 4) is 21.9 Å². The van der Waals surface area contributed by atoms with Gasteiger partial charge in [-0.2, -0.15) is 0 Å². The van der Waals surface area contributed by atoms with E-state index in [1.54, 1.807) is 0 Å². The number of anilines is 1. The van der Waals surface area contributed by atoms with Crippen LogP contribution in [0, 0.1) is 5.92 Å². The van der Waals surface area contributed by atoms with Gasteiger partial charge in [-0.25, -0.2) is 14.4 Å². The van der Waals surface area contributed by atoms with Crippen molar-refractivity contribution in [1.82, 2.24) is 4.90 Å². The fourth-order valence-electron chi connectivity index (χ4n) is 3.95. The zero-order valence-electron chi connectivity index (χ0n) is 19.7. The van der Waals surface area contributed by atoms with Gasteiger partial charge in [-0.15, -0.1) is 11.3 Å². The number of hydrogen-bond donors (Lipinski definition) is 3. The number of carbonyl (C=O) groups is 3. The Morgan fingerprint density at radius 1 is 1.03 bits per heavy atom. The first kappa shape index (κ1) is 26.5. The number of nitrogens with one attached hydrogen (secondary N) is 1. The number of benzene rings is 2. The molecule has 1 aliphatic rings. The van der Waals surface area contributed by atoms with Crippen LogP contribution in [0.2, 0.25) is 0 Å². The summed E-state index contributed by atoms with van der Waals surface area (Å²) in [6.07, 6.45) is 1.65. The summed E-state index contributed by atoms with van der Waals surface area (Å²) in [4.78, 5) is 37.4. The summed E-state index contributed by atoms with van der Waals surface area (Å²) in [5, 5.41) is 21.3. The van der Waals surface area contributed by atoms with Crippen molar-refractivity contribution in [2.24, 2.45) is 5.92 Å². The predicted molar refractivity (Wildman–Crippen MR) is 143 cm³/mol. The van der Waals surface area contributed by atoms with Crippen LogP contribution in [0.4, 0.5) is 10.5 Å². The van der Waals surface area contributed by atoms with Crippen molar-refractivity contribution in [3.05, 3.63) is 63.9 Å². The number of carbonyl (C=O) groups excluding carboxylic acids is 1. The molecular weight excluding hydrogens is 564 g/mol. The highest BCUT2D eigenvalue weighted by Crippen LogP contribution is 2.46. The van der Waals surface area contributed by atoms with Gasteiger partial charge in [-0.1, -0.05) is 30.3 Å². The normalized spacial score (nSPS) is 13.7. The molecule has 0 bridgehead atoms. The summed E-state index contributed by atoms with van der Waals surface area (Å²) in [6.45, 7) is 1.14. The third-order valence-corrected chi connectivity index (χ3v) is 8.08. The summed E-state index contributed by atoms with van der Waals surface area (Å²) in [6, 6.07) is 16.5. The maximum Gasteiger partial charge on any atom is 0.349 e. The van der Waals surface area contributed by atoms with Crippen LogP contribution in [0.5, 0.6) is 11.5 Å².